The predicted octanol–water partition coefficient (Wildman–Crippen LogP) is 3.80. The monoisotopic (exact) mass is 397 g/mol. The molecule has 2 N–H and O–H groups in total. The molecule has 154 valence electrons. The highest BCUT2D eigenvalue weighted by molar-refractivity contribution is 6.06. The van der Waals surface area contributed by atoms with Gasteiger partial charge in [0.25, 0.3) is 11.8 Å². The third kappa shape index (κ3) is 5.47. The summed E-state index contributed by atoms with van der Waals surface area (Å²) in [6, 6.07) is 8.39. The lowest BCUT2D eigenvalue weighted by Gasteiger charge is -2.16. The maximum absolute atomic E-state index is 12.7. The topological polar surface area (TPSA) is 89.6 Å². The second-order valence-electron chi connectivity index (χ2n) is 7.11. The average molecular weight is 397 g/mol. The molecule has 2 amide bonds. The van der Waals surface area contributed by atoms with Crippen molar-refractivity contribution in [3.05, 3.63) is 47.8 Å². The molecule has 0 spiro atoms. The average Bonchev–Trinajstić information content (AvgIpc) is 3.02. The van der Waals surface area contributed by atoms with Gasteiger partial charge in [0, 0.05) is 23.9 Å². The standard InChI is InChI=1S/C22H27N3O4/c1-28-17-9-10-20(29-2)18(14-17)25-21(26)15-11-12-23-19(13-15)22(27)24-16-7-5-3-4-6-8-16/h9-14,16H,3-8H2,1-2H3,(H,24,27)(H,25,26). The van der Waals surface area contributed by atoms with Crippen molar-refractivity contribution in [1.82, 2.24) is 10.3 Å². The molecular weight excluding hydrogens is 370 g/mol. The Labute approximate surface area is 170 Å². The molecule has 1 heterocycles. The van der Waals surface area contributed by atoms with E-state index in [0.29, 0.717) is 22.7 Å². The second-order valence-corrected chi connectivity index (χ2v) is 7.11. The molecule has 0 atom stereocenters. The first-order valence-electron chi connectivity index (χ1n) is 9.91. The number of ether oxygens (including phenoxy) is 2. The lowest BCUT2D eigenvalue weighted by Crippen LogP contribution is -2.35. The van der Waals surface area contributed by atoms with E-state index in [1.54, 1.807) is 31.4 Å². The smallest absolute Gasteiger partial charge is 0.270 e. The Morgan fingerprint density at radius 2 is 1.72 bits per heavy atom. The van der Waals surface area contributed by atoms with Crippen LogP contribution in [0.2, 0.25) is 0 Å². The maximum Gasteiger partial charge on any atom is 0.270 e. The molecule has 7 heteroatoms. The van der Waals surface area contributed by atoms with Crippen molar-refractivity contribution in [2.24, 2.45) is 0 Å². The van der Waals surface area contributed by atoms with Gasteiger partial charge < -0.3 is 20.1 Å². The molecule has 0 bridgehead atoms. The van der Waals surface area contributed by atoms with Crippen LogP contribution in [0, 0.1) is 0 Å². The van der Waals surface area contributed by atoms with Gasteiger partial charge in [0.05, 0.1) is 19.9 Å². The first kappa shape index (κ1) is 20.6. The van der Waals surface area contributed by atoms with Crippen LogP contribution in [0.4, 0.5) is 5.69 Å². The molecule has 1 aliphatic rings. The summed E-state index contributed by atoms with van der Waals surface area (Å²) < 4.78 is 10.5. The van der Waals surface area contributed by atoms with Crippen molar-refractivity contribution in [1.29, 1.82) is 0 Å². The largest absolute Gasteiger partial charge is 0.497 e. The minimum Gasteiger partial charge on any atom is -0.497 e. The number of aromatic nitrogens is 1. The van der Waals surface area contributed by atoms with Crippen LogP contribution in [-0.2, 0) is 0 Å². The van der Waals surface area contributed by atoms with E-state index in [9.17, 15) is 9.59 Å². The molecule has 7 nitrogen and oxygen atoms in total. The van der Waals surface area contributed by atoms with Crippen molar-refractivity contribution in [2.75, 3.05) is 19.5 Å². The van der Waals surface area contributed by atoms with Gasteiger partial charge in [0.2, 0.25) is 0 Å². The zero-order valence-corrected chi connectivity index (χ0v) is 16.9. The molecule has 1 aromatic heterocycles. The van der Waals surface area contributed by atoms with E-state index in [-0.39, 0.29) is 23.6 Å². The Hall–Kier alpha value is -3.09. The summed E-state index contributed by atoms with van der Waals surface area (Å²) in [5.41, 5.74) is 1.06. The summed E-state index contributed by atoms with van der Waals surface area (Å²) in [4.78, 5) is 29.5. The summed E-state index contributed by atoms with van der Waals surface area (Å²) in [6.45, 7) is 0. The molecule has 1 aromatic carbocycles. The summed E-state index contributed by atoms with van der Waals surface area (Å²) in [7, 11) is 3.08. The fourth-order valence-electron chi connectivity index (χ4n) is 3.49. The van der Waals surface area contributed by atoms with E-state index in [2.05, 4.69) is 15.6 Å². The van der Waals surface area contributed by atoms with Crippen LogP contribution in [0.1, 0.15) is 59.4 Å². The normalized spacial score (nSPS) is 14.6. The van der Waals surface area contributed by atoms with E-state index in [1.807, 2.05) is 0 Å². The Bertz CT molecular complexity index is 861. The highest BCUT2D eigenvalue weighted by atomic mass is 16.5. The summed E-state index contributed by atoms with van der Waals surface area (Å²) in [6.07, 6.45) is 8.14. The summed E-state index contributed by atoms with van der Waals surface area (Å²) in [5, 5.41) is 5.86. The molecule has 1 aliphatic carbocycles. The van der Waals surface area contributed by atoms with Gasteiger partial charge in [-0.1, -0.05) is 25.7 Å². The number of amides is 2. The number of nitrogens with one attached hydrogen (secondary N) is 2. The molecule has 0 saturated heterocycles. The number of rotatable bonds is 6. The highest BCUT2D eigenvalue weighted by Crippen LogP contribution is 2.29. The second kappa shape index (κ2) is 9.91. The lowest BCUT2D eigenvalue weighted by atomic mass is 10.1. The number of carbonyl (C=O) groups excluding carboxylic acids is 2. The Balaban J connectivity index is 1.71. The van der Waals surface area contributed by atoms with Crippen molar-refractivity contribution in [3.8, 4) is 11.5 Å². The van der Waals surface area contributed by atoms with E-state index in [1.165, 1.54) is 32.2 Å². The fourth-order valence-corrected chi connectivity index (χ4v) is 3.49. The summed E-state index contributed by atoms with van der Waals surface area (Å²) in [5.74, 6) is 0.506. The van der Waals surface area contributed by atoms with Crippen LogP contribution >= 0.6 is 0 Å². The Kier molecular flexibility index (Phi) is 7.05. The van der Waals surface area contributed by atoms with Gasteiger partial charge in [0.15, 0.2) is 0 Å². The van der Waals surface area contributed by atoms with Gasteiger partial charge in [-0.05, 0) is 37.1 Å². The number of pyridine rings is 1. The quantitative estimate of drug-likeness (QED) is 0.724. The van der Waals surface area contributed by atoms with Gasteiger partial charge in [-0.3, -0.25) is 14.6 Å². The zero-order valence-electron chi connectivity index (χ0n) is 16.9. The third-order valence-electron chi connectivity index (χ3n) is 5.10. The SMILES string of the molecule is COc1ccc(OC)c(NC(=O)c2ccnc(C(=O)NC3CCCCCC3)c2)c1. The number of benzene rings is 1. The first-order chi connectivity index (χ1) is 14.1. The van der Waals surface area contributed by atoms with Gasteiger partial charge in [-0.2, -0.15) is 0 Å². The zero-order chi connectivity index (χ0) is 20.6. The highest BCUT2D eigenvalue weighted by Gasteiger charge is 2.18. The van der Waals surface area contributed by atoms with E-state index in [0.717, 1.165) is 25.7 Å². The molecule has 2 aromatic rings. The molecule has 1 fully saturated rings. The molecule has 0 radical (unpaired) electrons. The van der Waals surface area contributed by atoms with Crippen LogP contribution in [0.3, 0.4) is 0 Å². The maximum atomic E-state index is 12.7. The van der Waals surface area contributed by atoms with Gasteiger partial charge in [-0.25, -0.2) is 0 Å². The number of anilines is 1. The summed E-state index contributed by atoms with van der Waals surface area (Å²) >= 11 is 0. The van der Waals surface area contributed by atoms with Crippen molar-refractivity contribution >= 4 is 17.5 Å². The Morgan fingerprint density at radius 1 is 0.966 bits per heavy atom. The molecule has 1 saturated carbocycles. The molecule has 29 heavy (non-hydrogen) atoms. The van der Waals surface area contributed by atoms with E-state index >= 15 is 0 Å². The molecule has 3 rings (SSSR count). The van der Waals surface area contributed by atoms with E-state index < -0.39 is 0 Å². The Morgan fingerprint density at radius 3 is 2.41 bits per heavy atom. The minimum atomic E-state index is -0.359. The van der Waals surface area contributed by atoms with Crippen LogP contribution in [-0.4, -0.2) is 37.1 Å². The predicted molar refractivity (Wildman–Crippen MR) is 111 cm³/mol. The van der Waals surface area contributed by atoms with Crippen molar-refractivity contribution < 1.29 is 19.1 Å². The van der Waals surface area contributed by atoms with Gasteiger partial charge in [-0.15, -0.1) is 0 Å². The molecule has 0 unspecified atom stereocenters. The molecule has 0 aliphatic heterocycles. The van der Waals surface area contributed by atoms with Crippen molar-refractivity contribution in [2.45, 2.75) is 44.6 Å². The number of methoxy groups -OCH3 is 2. The van der Waals surface area contributed by atoms with E-state index in [4.69, 9.17) is 9.47 Å². The van der Waals surface area contributed by atoms with Crippen LogP contribution < -0.4 is 20.1 Å². The lowest BCUT2D eigenvalue weighted by molar-refractivity contribution is 0.0928. The molecular formula is C22H27N3O4. The van der Waals surface area contributed by atoms with Gasteiger partial charge in [0.1, 0.15) is 17.2 Å². The minimum absolute atomic E-state index is 0.172. The van der Waals surface area contributed by atoms with Crippen LogP contribution in [0.25, 0.3) is 0 Å². The number of hydrogen-bond acceptors (Lipinski definition) is 5. The van der Waals surface area contributed by atoms with Gasteiger partial charge >= 0.3 is 0 Å². The number of nitrogens with zero attached hydrogens (tertiary/aromatic N) is 1. The number of hydrogen-bond donors (Lipinski definition) is 2. The fraction of sp³-hybridized carbons (Fsp3) is 0.409. The number of carbonyl (C=O) groups is 2. The third-order valence-corrected chi connectivity index (χ3v) is 5.10. The first-order valence-corrected chi connectivity index (χ1v) is 9.91. The van der Waals surface area contributed by atoms with Crippen molar-refractivity contribution in [3.63, 3.8) is 0 Å². The van der Waals surface area contributed by atoms with Crippen LogP contribution in [0.15, 0.2) is 36.5 Å². The van der Waals surface area contributed by atoms with Crippen LogP contribution in [0.5, 0.6) is 11.5 Å².